The van der Waals surface area contributed by atoms with Gasteiger partial charge in [0, 0.05) is 25.7 Å². The number of aromatic nitrogens is 5. The highest BCUT2D eigenvalue weighted by Crippen LogP contribution is 2.44. The Morgan fingerprint density at radius 3 is 2.93 bits per heavy atom. The van der Waals surface area contributed by atoms with Gasteiger partial charge in [0.1, 0.15) is 6.10 Å². The van der Waals surface area contributed by atoms with Gasteiger partial charge in [-0.1, -0.05) is 12.1 Å². The molecule has 1 N–H and O–H groups in total. The minimum atomic E-state index is -0.375. The second kappa shape index (κ2) is 6.55. The molecular formula is C22H22N6O2. The number of nitrogens with zero attached hydrogens (tertiary/aromatic N) is 5. The Morgan fingerprint density at radius 2 is 2.03 bits per heavy atom. The van der Waals surface area contributed by atoms with E-state index in [9.17, 15) is 4.79 Å². The molecule has 2 fully saturated rings. The van der Waals surface area contributed by atoms with Crippen molar-refractivity contribution in [2.45, 2.75) is 31.9 Å². The molecule has 8 heteroatoms. The maximum Gasteiger partial charge on any atom is 0.312 e. The number of para-hydroxylation sites is 2. The Bertz CT molecular complexity index is 1240. The van der Waals surface area contributed by atoms with Crippen LogP contribution in [-0.2, 0) is 16.1 Å². The van der Waals surface area contributed by atoms with Gasteiger partial charge in [-0.25, -0.2) is 9.97 Å². The summed E-state index contributed by atoms with van der Waals surface area (Å²) in [5, 5.41) is 8.06. The van der Waals surface area contributed by atoms with E-state index in [1.54, 1.807) is 6.20 Å². The van der Waals surface area contributed by atoms with Crippen LogP contribution in [0.4, 0.5) is 5.69 Å². The molecule has 1 aromatic carbocycles. The van der Waals surface area contributed by atoms with Crippen LogP contribution < -0.4 is 4.90 Å². The smallest absolute Gasteiger partial charge is 0.312 e. The van der Waals surface area contributed by atoms with E-state index in [1.165, 1.54) is 0 Å². The lowest BCUT2D eigenvalue weighted by molar-refractivity contribution is -0.150. The fourth-order valence-electron chi connectivity index (χ4n) is 5.01. The number of hydrogen-bond donors (Lipinski definition) is 1. The van der Waals surface area contributed by atoms with Crippen molar-refractivity contribution in [2.75, 3.05) is 18.0 Å². The molecule has 2 aliphatic heterocycles. The molecule has 0 saturated carbocycles. The molecule has 2 aliphatic rings. The monoisotopic (exact) mass is 402 g/mol. The number of cyclic esters (lactones) is 1. The molecule has 152 valence electrons. The van der Waals surface area contributed by atoms with Crippen LogP contribution in [0.2, 0.25) is 0 Å². The number of nitrogens with one attached hydrogen (secondary N) is 1. The highest BCUT2D eigenvalue weighted by Gasteiger charge is 2.50. The van der Waals surface area contributed by atoms with Crippen LogP contribution in [0.5, 0.6) is 0 Å². The first-order chi connectivity index (χ1) is 14.7. The minimum Gasteiger partial charge on any atom is -0.460 e. The number of esters is 1. The first-order valence-electron chi connectivity index (χ1n) is 10.4. The average Bonchev–Trinajstić information content (AvgIpc) is 3.48. The van der Waals surface area contributed by atoms with Crippen molar-refractivity contribution in [3.63, 3.8) is 0 Å². The number of rotatable bonds is 3. The van der Waals surface area contributed by atoms with Crippen LogP contribution in [0.3, 0.4) is 0 Å². The number of carbonyl (C=O) groups is 1. The largest absolute Gasteiger partial charge is 0.460 e. The maximum absolute atomic E-state index is 12.9. The lowest BCUT2D eigenvalue weighted by Gasteiger charge is -2.38. The third-order valence-corrected chi connectivity index (χ3v) is 6.65. The first kappa shape index (κ1) is 17.4. The number of ether oxygens (including phenoxy) is 1. The van der Waals surface area contributed by atoms with E-state index in [1.807, 2.05) is 36.8 Å². The van der Waals surface area contributed by atoms with Gasteiger partial charge < -0.3 is 14.2 Å². The molecule has 1 spiro atoms. The normalized spacial score (nSPS) is 21.0. The lowest BCUT2D eigenvalue weighted by Crippen LogP contribution is -2.42. The molecule has 0 amide bonds. The number of anilines is 1. The zero-order chi connectivity index (χ0) is 20.1. The number of fused-ring (bicyclic) bond motifs is 2. The zero-order valence-corrected chi connectivity index (χ0v) is 16.5. The summed E-state index contributed by atoms with van der Waals surface area (Å²) in [7, 11) is 0. The molecule has 2 saturated heterocycles. The fourth-order valence-corrected chi connectivity index (χ4v) is 5.01. The van der Waals surface area contributed by atoms with E-state index in [-0.39, 0.29) is 17.5 Å². The second-order valence-electron chi connectivity index (χ2n) is 8.35. The molecular weight excluding hydrogens is 380 g/mol. The van der Waals surface area contributed by atoms with Crippen LogP contribution >= 0.6 is 0 Å². The summed E-state index contributed by atoms with van der Waals surface area (Å²) in [6, 6.07) is 10.1. The molecule has 3 aromatic heterocycles. The van der Waals surface area contributed by atoms with Crippen molar-refractivity contribution in [3.8, 4) is 0 Å². The summed E-state index contributed by atoms with van der Waals surface area (Å²) in [4.78, 5) is 24.0. The lowest BCUT2D eigenvalue weighted by atomic mass is 9.76. The van der Waals surface area contributed by atoms with E-state index in [0.29, 0.717) is 6.54 Å². The molecule has 30 heavy (non-hydrogen) atoms. The van der Waals surface area contributed by atoms with Gasteiger partial charge in [-0.15, -0.1) is 0 Å². The summed E-state index contributed by atoms with van der Waals surface area (Å²) < 4.78 is 7.94. The number of imidazole rings is 1. The van der Waals surface area contributed by atoms with Crippen LogP contribution in [0, 0.1) is 5.41 Å². The molecule has 0 radical (unpaired) electrons. The van der Waals surface area contributed by atoms with E-state index in [4.69, 9.17) is 4.74 Å². The minimum absolute atomic E-state index is 0.0419. The summed E-state index contributed by atoms with van der Waals surface area (Å²) >= 11 is 0. The number of carbonyl (C=O) groups excluding carboxylic acids is 1. The van der Waals surface area contributed by atoms with Gasteiger partial charge in [-0.05, 0) is 31.0 Å². The highest BCUT2D eigenvalue weighted by molar-refractivity contribution is 5.89. The van der Waals surface area contributed by atoms with Crippen LogP contribution in [-0.4, -0.2) is 49.9 Å². The Labute approximate surface area is 172 Å². The summed E-state index contributed by atoms with van der Waals surface area (Å²) in [5.41, 5.74) is 3.58. The van der Waals surface area contributed by atoms with Crippen LogP contribution in [0.1, 0.15) is 19.3 Å². The molecule has 0 aliphatic carbocycles. The summed E-state index contributed by atoms with van der Waals surface area (Å²) in [5.74, 6) is -0.0419. The van der Waals surface area contributed by atoms with Gasteiger partial charge in [-0.3, -0.25) is 9.89 Å². The van der Waals surface area contributed by atoms with Crippen LogP contribution in [0.25, 0.3) is 22.1 Å². The highest BCUT2D eigenvalue weighted by atomic mass is 16.6. The SMILES string of the molecule is O=C1OC(Cn2cnc3ccccc32)CC12CCN(c1ccnc3[nH]ncc13)CC2. The second-order valence-corrected chi connectivity index (χ2v) is 8.35. The molecule has 5 heterocycles. The number of pyridine rings is 1. The van der Waals surface area contributed by atoms with Crippen LogP contribution in [0.15, 0.2) is 49.1 Å². The quantitative estimate of drug-likeness (QED) is 0.530. The zero-order valence-electron chi connectivity index (χ0n) is 16.5. The molecule has 6 rings (SSSR count). The average molecular weight is 402 g/mol. The van der Waals surface area contributed by atoms with Crippen molar-refractivity contribution in [1.82, 2.24) is 24.7 Å². The number of benzene rings is 1. The van der Waals surface area contributed by atoms with E-state index in [2.05, 4.69) is 35.7 Å². The third-order valence-electron chi connectivity index (χ3n) is 6.65. The molecule has 0 bridgehead atoms. The van der Waals surface area contributed by atoms with Gasteiger partial charge in [-0.2, -0.15) is 5.10 Å². The van der Waals surface area contributed by atoms with Crippen molar-refractivity contribution >= 4 is 33.7 Å². The van der Waals surface area contributed by atoms with Crippen molar-refractivity contribution in [1.29, 1.82) is 0 Å². The first-order valence-corrected chi connectivity index (χ1v) is 10.4. The topological polar surface area (TPSA) is 88.9 Å². The standard InChI is InChI=1S/C22H22N6O2/c29-21-22(11-15(30-21)13-28-14-24-17-3-1-2-4-19(17)28)6-9-27(10-7-22)18-5-8-23-20-16(18)12-25-26-20/h1-5,8,12,14-15H,6-7,9-11,13H2,(H,23,25,26). The maximum atomic E-state index is 12.9. The predicted molar refractivity (Wildman–Crippen MR) is 112 cm³/mol. The van der Waals surface area contributed by atoms with Gasteiger partial charge in [0.05, 0.1) is 46.6 Å². The molecule has 1 atom stereocenters. The molecule has 1 unspecified atom stereocenters. The van der Waals surface area contributed by atoms with Crippen molar-refractivity contribution in [2.24, 2.45) is 5.41 Å². The number of piperidine rings is 1. The Kier molecular flexibility index (Phi) is 3.81. The van der Waals surface area contributed by atoms with Gasteiger partial charge in [0.15, 0.2) is 5.65 Å². The van der Waals surface area contributed by atoms with E-state index < -0.39 is 0 Å². The van der Waals surface area contributed by atoms with Gasteiger partial charge >= 0.3 is 5.97 Å². The number of H-pyrrole nitrogens is 1. The molecule has 4 aromatic rings. The van der Waals surface area contributed by atoms with Gasteiger partial charge in [0.2, 0.25) is 0 Å². The van der Waals surface area contributed by atoms with Crippen molar-refractivity contribution < 1.29 is 9.53 Å². The summed E-state index contributed by atoms with van der Waals surface area (Å²) in [6.45, 7) is 2.29. The van der Waals surface area contributed by atoms with Crippen molar-refractivity contribution in [3.05, 3.63) is 49.1 Å². The van der Waals surface area contributed by atoms with E-state index in [0.717, 1.165) is 60.1 Å². The summed E-state index contributed by atoms with van der Waals surface area (Å²) in [6.07, 6.45) is 7.72. The molecule has 8 nitrogen and oxygen atoms in total. The number of aromatic amines is 1. The Hall–Kier alpha value is -3.42. The Morgan fingerprint density at radius 1 is 1.17 bits per heavy atom. The predicted octanol–water partition coefficient (Wildman–Crippen LogP) is 2.91. The number of hydrogen-bond acceptors (Lipinski definition) is 6. The third kappa shape index (κ3) is 2.67. The fraction of sp³-hybridized carbons (Fsp3) is 0.364. The van der Waals surface area contributed by atoms with E-state index >= 15 is 0 Å². The van der Waals surface area contributed by atoms with Gasteiger partial charge in [0.25, 0.3) is 0 Å². The Balaban J connectivity index is 1.18.